The van der Waals surface area contributed by atoms with Crippen molar-refractivity contribution < 1.29 is 4.74 Å². The van der Waals surface area contributed by atoms with Crippen LogP contribution in [0.2, 0.25) is 0 Å². The molecule has 13 heavy (non-hydrogen) atoms. The molecule has 0 spiro atoms. The van der Waals surface area contributed by atoms with Crippen molar-refractivity contribution >= 4 is 0 Å². The molecule has 1 N–H and O–H groups in total. The van der Waals surface area contributed by atoms with Gasteiger partial charge in [-0.15, -0.1) is 0 Å². The van der Waals surface area contributed by atoms with E-state index in [4.69, 9.17) is 4.74 Å². The van der Waals surface area contributed by atoms with Gasteiger partial charge in [0.05, 0.1) is 18.4 Å². The number of nitrogens with zero attached hydrogens (tertiary/aromatic N) is 2. The van der Waals surface area contributed by atoms with Crippen molar-refractivity contribution in [2.45, 2.75) is 19.1 Å². The maximum absolute atomic E-state index is 5.77. The van der Waals surface area contributed by atoms with E-state index in [1.807, 2.05) is 19.4 Å². The Kier molecular flexibility index (Phi) is 2.33. The van der Waals surface area contributed by atoms with Crippen LogP contribution in [0.25, 0.3) is 0 Å². The molecular formula is C9H15N3O. The molecule has 1 aliphatic rings. The van der Waals surface area contributed by atoms with Crippen LogP contribution in [0.1, 0.15) is 18.6 Å². The molecule has 1 aliphatic heterocycles. The SMILES string of the molecule is C[C@H]1CNC[C@@H](c2cnn(C)c2)O1. The summed E-state index contributed by atoms with van der Waals surface area (Å²) >= 11 is 0. The van der Waals surface area contributed by atoms with Crippen LogP contribution in [0.15, 0.2) is 12.4 Å². The molecule has 1 saturated heterocycles. The summed E-state index contributed by atoms with van der Waals surface area (Å²) in [6.07, 6.45) is 4.32. The third-order valence-electron chi connectivity index (χ3n) is 2.25. The van der Waals surface area contributed by atoms with Gasteiger partial charge in [0, 0.05) is 31.9 Å². The van der Waals surface area contributed by atoms with E-state index in [0.717, 1.165) is 18.7 Å². The lowest BCUT2D eigenvalue weighted by Gasteiger charge is -2.27. The minimum Gasteiger partial charge on any atom is -0.368 e. The van der Waals surface area contributed by atoms with Crippen molar-refractivity contribution in [3.63, 3.8) is 0 Å². The molecule has 2 atom stereocenters. The second-order valence-electron chi connectivity index (χ2n) is 3.54. The summed E-state index contributed by atoms with van der Waals surface area (Å²) in [5.74, 6) is 0. The Hall–Kier alpha value is -0.870. The number of morpholine rings is 1. The van der Waals surface area contributed by atoms with Crippen LogP contribution in [0, 0.1) is 0 Å². The van der Waals surface area contributed by atoms with E-state index in [1.54, 1.807) is 4.68 Å². The van der Waals surface area contributed by atoms with Crippen molar-refractivity contribution in [1.29, 1.82) is 0 Å². The molecule has 0 radical (unpaired) electrons. The highest BCUT2D eigenvalue weighted by atomic mass is 16.5. The molecule has 0 unspecified atom stereocenters. The van der Waals surface area contributed by atoms with Crippen molar-refractivity contribution in [1.82, 2.24) is 15.1 Å². The molecule has 1 aromatic rings. The van der Waals surface area contributed by atoms with Crippen molar-refractivity contribution in [2.24, 2.45) is 7.05 Å². The molecule has 4 heteroatoms. The zero-order chi connectivity index (χ0) is 9.26. The van der Waals surface area contributed by atoms with Gasteiger partial charge in [-0.2, -0.15) is 5.10 Å². The summed E-state index contributed by atoms with van der Waals surface area (Å²) in [6.45, 7) is 3.91. The molecule has 2 heterocycles. The Morgan fingerprint density at radius 2 is 2.46 bits per heavy atom. The van der Waals surface area contributed by atoms with Gasteiger partial charge in [0.2, 0.25) is 0 Å². The van der Waals surface area contributed by atoms with Crippen molar-refractivity contribution in [2.75, 3.05) is 13.1 Å². The summed E-state index contributed by atoms with van der Waals surface area (Å²) in [6, 6.07) is 0. The maximum Gasteiger partial charge on any atom is 0.0983 e. The number of aryl methyl sites for hydroxylation is 1. The minimum absolute atomic E-state index is 0.164. The van der Waals surface area contributed by atoms with E-state index in [0.29, 0.717) is 6.10 Å². The molecule has 1 fully saturated rings. The molecular weight excluding hydrogens is 166 g/mol. The predicted molar refractivity (Wildman–Crippen MR) is 49.4 cm³/mol. The van der Waals surface area contributed by atoms with E-state index < -0.39 is 0 Å². The van der Waals surface area contributed by atoms with Crippen LogP contribution in [0.3, 0.4) is 0 Å². The van der Waals surface area contributed by atoms with Crippen molar-refractivity contribution in [3.05, 3.63) is 18.0 Å². The fraction of sp³-hybridized carbons (Fsp3) is 0.667. The molecule has 72 valence electrons. The highest BCUT2D eigenvalue weighted by molar-refractivity contribution is 5.09. The summed E-state index contributed by atoms with van der Waals surface area (Å²) in [5, 5.41) is 7.46. The van der Waals surface area contributed by atoms with E-state index >= 15 is 0 Å². The van der Waals surface area contributed by atoms with E-state index in [1.165, 1.54) is 0 Å². The number of aromatic nitrogens is 2. The molecule has 1 aromatic heterocycles. The van der Waals surface area contributed by atoms with Crippen molar-refractivity contribution in [3.8, 4) is 0 Å². The Morgan fingerprint density at radius 1 is 1.62 bits per heavy atom. The van der Waals surface area contributed by atoms with Gasteiger partial charge < -0.3 is 10.1 Å². The highest BCUT2D eigenvalue weighted by Crippen LogP contribution is 2.19. The number of hydrogen-bond acceptors (Lipinski definition) is 3. The third kappa shape index (κ3) is 1.89. The number of hydrogen-bond donors (Lipinski definition) is 1. The number of rotatable bonds is 1. The average molecular weight is 181 g/mol. The Labute approximate surface area is 77.9 Å². The first kappa shape index (κ1) is 8.72. The second-order valence-corrected chi connectivity index (χ2v) is 3.54. The van der Waals surface area contributed by atoms with Crippen LogP contribution in [0.4, 0.5) is 0 Å². The second kappa shape index (κ2) is 3.47. The van der Waals surface area contributed by atoms with Crippen LogP contribution in [0.5, 0.6) is 0 Å². The number of nitrogens with one attached hydrogen (secondary N) is 1. The van der Waals surface area contributed by atoms with Gasteiger partial charge in [0.15, 0.2) is 0 Å². The maximum atomic E-state index is 5.77. The molecule has 0 aromatic carbocycles. The van der Waals surface area contributed by atoms with Crippen LogP contribution < -0.4 is 5.32 Å². The topological polar surface area (TPSA) is 39.1 Å². The molecule has 0 amide bonds. The van der Waals surface area contributed by atoms with Crippen LogP contribution in [-0.4, -0.2) is 29.0 Å². The zero-order valence-corrected chi connectivity index (χ0v) is 8.03. The van der Waals surface area contributed by atoms with Gasteiger partial charge >= 0.3 is 0 Å². The first-order valence-electron chi connectivity index (χ1n) is 4.60. The monoisotopic (exact) mass is 181 g/mol. The van der Waals surface area contributed by atoms with Crippen LogP contribution in [-0.2, 0) is 11.8 Å². The first-order valence-corrected chi connectivity index (χ1v) is 4.60. The molecule has 0 saturated carbocycles. The predicted octanol–water partition coefficient (Wildman–Crippen LogP) is 0.469. The Bertz CT molecular complexity index is 284. The van der Waals surface area contributed by atoms with Gasteiger partial charge in [-0.1, -0.05) is 0 Å². The lowest BCUT2D eigenvalue weighted by molar-refractivity contribution is -0.0287. The Balaban J connectivity index is 2.08. The zero-order valence-electron chi connectivity index (χ0n) is 8.03. The molecule has 4 nitrogen and oxygen atoms in total. The lowest BCUT2D eigenvalue weighted by Crippen LogP contribution is -2.38. The van der Waals surface area contributed by atoms with E-state index in [-0.39, 0.29) is 6.10 Å². The summed E-state index contributed by atoms with van der Waals surface area (Å²) in [7, 11) is 1.92. The van der Waals surface area contributed by atoms with Gasteiger partial charge in [0.25, 0.3) is 0 Å². The fourth-order valence-corrected chi connectivity index (χ4v) is 1.60. The van der Waals surface area contributed by atoms with Gasteiger partial charge in [-0.3, -0.25) is 4.68 Å². The summed E-state index contributed by atoms with van der Waals surface area (Å²) in [4.78, 5) is 0. The lowest BCUT2D eigenvalue weighted by atomic mass is 10.1. The normalized spacial score (nSPS) is 29.1. The van der Waals surface area contributed by atoms with E-state index in [2.05, 4.69) is 17.3 Å². The average Bonchev–Trinajstić information content (AvgIpc) is 2.52. The molecule has 2 rings (SSSR count). The van der Waals surface area contributed by atoms with Gasteiger partial charge in [0.1, 0.15) is 0 Å². The number of ether oxygens (including phenoxy) is 1. The summed E-state index contributed by atoms with van der Waals surface area (Å²) in [5.41, 5.74) is 1.15. The molecule has 0 aliphatic carbocycles. The van der Waals surface area contributed by atoms with E-state index in [9.17, 15) is 0 Å². The Morgan fingerprint density at radius 3 is 3.08 bits per heavy atom. The minimum atomic E-state index is 0.164. The fourth-order valence-electron chi connectivity index (χ4n) is 1.60. The highest BCUT2D eigenvalue weighted by Gasteiger charge is 2.20. The molecule has 0 bridgehead atoms. The largest absolute Gasteiger partial charge is 0.368 e. The first-order chi connectivity index (χ1) is 6.25. The van der Waals surface area contributed by atoms with Gasteiger partial charge in [-0.25, -0.2) is 0 Å². The van der Waals surface area contributed by atoms with Gasteiger partial charge in [-0.05, 0) is 6.92 Å². The standard InChI is InChI=1S/C9H15N3O/c1-7-3-10-5-9(13-7)8-4-11-12(2)6-8/h4,6-7,9-10H,3,5H2,1-2H3/t7-,9-/m0/s1. The summed E-state index contributed by atoms with van der Waals surface area (Å²) < 4.78 is 7.57. The third-order valence-corrected chi connectivity index (χ3v) is 2.25. The smallest absolute Gasteiger partial charge is 0.0983 e. The quantitative estimate of drug-likeness (QED) is 0.684. The van der Waals surface area contributed by atoms with Crippen LogP contribution >= 0.6 is 0 Å².